The summed E-state index contributed by atoms with van der Waals surface area (Å²) < 4.78 is 11.7. The Kier molecular flexibility index (Phi) is 6.20. The standard InChI is InChI=1S/C28H24N2O5S/c1-4-35-20-13-14-21-22(15-20)36-28(29-21)30-24(17-9-11-19(34-3)12-10-17)23(26(32)27(30)33)25(31)18-7-5-16(2)6-8-18/h5-15,24,31H,4H2,1-3H3/t24-/m0/s1. The van der Waals surface area contributed by atoms with E-state index in [1.165, 1.54) is 16.2 Å². The van der Waals surface area contributed by atoms with Crippen molar-refractivity contribution in [3.05, 3.63) is 89.0 Å². The second kappa shape index (κ2) is 9.47. The molecule has 1 aliphatic heterocycles. The van der Waals surface area contributed by atoms with Gasteiger partial charge in [-0.25, -0.2) is 4.98 Å². The third-order valence-electron chi connectivity index (χ3n) is 6.07. The summed E-state index contributed by atoms with van der Waals surface area (Å²) in [5, 5.41) is 11.6. The number of anilines is 1. The molecule has 1 aromatic heterocycles. The van der Waals surface area contributed by atoms with Crippen molar-refractivity contribution in [1.29, 1.82) is 0 Å². The number of Topliss-reactive ketones (excluding diaryl/α,β-unsaturated/α-hetero) is 1. The molecule has 2 heterocycles. The van der Waals surface area contributed by atoms with E-state index in [-0.39, 0.29) is 11.3 Å². The number of thiazole rings is 1. The Morgan fingerprint density at radius 1 is 1.03 bits per heavy atom. The SMILES string of the molecule is CCOc1ccc2nc(N3C(=O)C(=O)C(=C(O)c4ccc(C)cc4)[C@@H]3c3ccc(OC)cc3)sc2c1. The number of benzene rings is 3. The van der Waals surface area contributed by atoms with Gasteiger partial charge >= 0.3 is 5.91 Å². The first kappa shape index (κ1) is 23.6. The lowest BCUT2D eigenvalue weighted by molar-refractivity contribution is -0.132. The van der Waals surface area contributed by atoms with Crippen molar-refractivity contribution in [2.45, 2.75) is 19.9 Å². The number of ether oxygens (including phenoxy) is 2. The van der Waals surface area contributed by atoms with Crippen LogP contribution in [0.5, 0.6) is 11.5 Å². The maximum Gasteiger partial charge on any atom is 0.301 e. The number of hydrogen-bond acceptors (Lipinski definition) is 7. The van der Waals surface area contributed by atoms with Gasteiger partial charge in [0.05, 0.1) is 35.5 Å². The van der Waals surface area contributed by atoms with E-state index in [9.17, 15) is 14.7 Å². The average Bonchev–Trinajstić information content (AvgIpc) is 3.42. The average molecular weight is 501 g/mol. The summed E-state index contributed by atoms with van der Waals surface area (Å²) in [6, 6.07) is 18.9. The fraction of sp³-hybridized carbons (Fsp3) is 0.179. The predicted octanol–water partition coefficient (Wildman–Crippen LogP) is 5.64. The number of carbonyl (C=O) groups is 2. The molecule has 7 nitrogen and oxygen atoms in total. The smallest absolute Gasteiger partial charge is 0.301 e. The third kappa shape index (κ3) is 4.09. The van der Waals surface area contributed by atoms with E-state index < -0.39 is 17.7 Å². The van der Waals surface area contributed by atoms with Crippen LogP contribution in [0.2, 0.25) is 0 Å². The van der Waals surface area contributed by atoms with Gasteiger partial charge in [-0.05, 0) is 49.7 Å². The van der Waals surface area contributed by atoms with Crippen LogP contribution in [-0.2, 0) is 9.59 Å². The molecular formula is C28H24N2O5S. The molecule has 0 aliphatic carbocycles. The van der Waals surface area contributed by atoms with Gasteiger partial charge in [0.1, 0.15) is 17.3 Å². The van der Waals surface area contributed by atoms with E-state index in [4.69, 9.17) is 9.47 Å². The number of ketones is 1. The number of aliphatic hydroxyl groups is 1. The molecule has 0 bridgehead atoms. The molecule has 36 heavy (non-hydrogen) atoms. The van der Waals surface area contributed by atoms with Gasteiger partial charge in [0.2, 0.25) is 0 Å². The molecule has 3 aromatic carbocycles. The van der Waals surface area contributed by atoms with E-state index in [1.807, 2.05) is 44.2 Å². The molecule has 1 fully saturated rings. The second-order valence-corrected chi connectivity index (χ2v) is 9.38. The number of aromatic nitrogens is 1. The highest BCUT2D eigenvalue weighted by atomic mass is 32.1. The summed E-state index contributed by atoms with van der Waals surface area (Å²) in [6.07, 6.45) is 0. The summed E-state index contributed by atoms with van der Waals surface area (Å²) in [7, 11) is 1.57. The second-order valence-electron chi connectivity index (χ2n) is 8.37. The van der Waals surface area contributed by atoms with Crippen molar-refractivity contribution in [1.82, 2.24) is 4.98 Å². The fourth-order valence-corrected chi connectivity index (χ4v) is 5.27. The van der Waals surface area contributed by atoms with Crippen LogP contribution < -0.4 is 14.4 Å². The summed E-state index contributed by atoms with van der Waals surface area (Å²) in [6.45, 7) is 4.37. The zero-order chi connectivity index (χ0) is 25.4. The highest BCUT2D eigenvalue weighted by Gasteiger charge is 2.48. The van der Waals surface area contributed by atoms with E-state index in [2.05, 4.69) is 4.98 Å². The summed E-state index contributed by atoms with van der Waals surface area (Å²) >= 11 is 1.29. The van der Waals surface area contributed by atoms with E-state index >= 15 is 0 Å². The first-order chi connectivity index (χ1) is 17.4. The maximum absolute atomic E-state index is 13.4. The molecule has 4 aromatic rings. The third-order valence-corrected chi connectivity index (χ3v) is 7.08. The molecule has 5 rings (SSSR count). The van der Waals surface area contributed by atoms with Crippen LogP contribution in [0.3, 0.4) is 0 Å². The number of hydrogen-bond donors (Lipinski definition) is 1. The Hall–Kier alpha value is -4.17. The lowest BCUT2D eigenvalue weighted by Gasteiger charge is -2.23. The molecule has 0 spiro atoms. The monoisotopic (exact) mass is 500 g/mol. The number of aryl methyl sites for hydroxylation is 1. The topological polar surface area (TPSA) is 89.0 Å². The fourth-order valence-electron chi connectivity index (χ4n) is 4.25. The van der Waals surface area contributed by atoms with Gasteiger partial charge in [0.15, 0.2) is 5.13 Å². The van der Waals surface area contributed by atoms with E-state index in [1.54, 1.807) is 43.5 Å². The van der Waals surface area contributed by atoms with Crippen LogP contribution >= 0.6 is 11.3 Å². The van der Waals surface area contributed by atoms with Crippen molar-refractivity contribution in [2.24, 2.45) is 0 Å². The highest BCUT2D eigenvalue weighted by molar-refractivity contribution is 7.22. The Labute approximate surface area is 212 Å². The van der Waals surface area contributed by atoms with Crippen LogP contribution in [0.4, 0.5) is 5.13 Å². The zero-order valence-corrected chi connectivity index (χ0v) is 20.8. The molecule has 182 valence electrons. The number of methoxy groups -OCH3 is 1. The Bertz CT molecular complexity index is 1490. The normalized spacial score (nSPS) is 17.1. The molecule has 1 amide bonds. The minimum atomic E-state index is -0.857. The Morgan fingerprint density at radius 2 is 1.72 bits per heavy atom. The van der Waals surface area contributed by atoms with Crippen molar-refractivity contribution in [3.63, 3.8) is 0 Å². The van der Waals surface area contributed by atoms with E-state index in [0.29, 0.717) is 39.9 Å². The number of nitrogens with zero attached hydrogens (tertiary/aromatic N) is 2. The van der Waals surface area contributed by atoms with Crippen molar-refractivity contribution in [3.8, 4) is 11.5 Å². The number of carbonyl (C=O) groups excluding carboxylic acids is 2. The number of aliphatic hydroxyl groups excluding tert-OH is 1. The molecule has 1 N–H and O–H groups in total. The van der Waals surface area contributed by atoms with Gasteiger partial charge < -0.3 is 14.6 Å². The van der Waals surface area contributed by atoms with Crippen LogP contribution in [0.1, 0.15) is 29.7 Å². The molecular weight excluding hydrogens is 476 g/mol. The molecule has 1 aliphatic rings. The number of amides is 1. The largest absolute Gasteiger partial charge is 0.507 e. The van der Waals surface area contributed by atoms with Gasteiger partial charge in [0, 0.05) is 5.56 Å². The quantitative estimate of drug-likeness (QED) is 0.209. The predicted molar refractivity (Wildman–Crippen MR) is 140 cm³/mol. The van der Waals surface area contributed by atoms with Crippen LogP contribution in [0, 0.1) is 6.92 Å². The van der Waals surface area contributed by atoms with Crippen molar-refractivity contribution in [2.75, 3.05) is 18.6 Å². The van der Waals surface area contributed by atoms with Crippen molar-refractivity contribution < 1.29 is 24.2 Å². The van der Waals surface area contributed by atoms with Gasteiger partial charge in [-0.2, -0.15) is 0 Å². The number of rotatable bonds is 6. The Morgan fingerprint density at radius 3 is 2.39 bits per heavy atom. The summed E-state index contributed by atoms with van der Waals surface area (Å²) in [5.74, 6) is -0.390. The van der Waals surface area contributed by atoms with E-state index in [0.717, 1.165) is 10.3 Å². The highest BCUT2D eigenvalue weighted by Crippen LogP contribution is 2.44. The van der Waals surface area contributed by atoms with Crippen LogP contribution in [0.25, 0.3) is 16.0 Å². The van der Waals surface area contributed by atoms with Gasteiger partial charge in [-0.15, -0.1) is 0 Å². The van der Waals surface area contributed by atoms with Crippen LogP contribution in [0.15, 0.2) is 72.3 Å². The zero-order valence-electron chi connectivity index (χ0n) is 20.0. The van der Waals surface area contributed by atoms with Gasteiger partial charge in [0.25, 0.3) is 5.78 Å². The summed E-state index contributed by atoms with van der Waals surface area (Å²) in [4.78, 5) is 32.8. The lowest BCUT2D eigenvalue weighted by Crippen LogP contribution is -2.29. The van der Waals surface area contributed by atoms with Crippen molar-refractivity contribution >= 4 is 44.1 Å². The van der Waals surface area contributed by atoms with Gasteiger partial charge in [-0.3, -0.25) is 14.5 Å². The molecule has 1 atom stereocenters. The molecule has 8 heteroatoms. The minimum Gasteiger partial charge on any atom is -0.507 e. The van der Waals surface area contributed by atoms with Crippen LogP contribution in [-0.4, -0.2) is 35.5 Å². The molecule has 1 saturated heterocycles. The minimum absolute atomic E-state index is 0.0169. The lowest BCUT2D eigenvalue weighted by atomic mass is 9.95. The number of fused-ring (bicyclic) bond motifs is 1. The molecule has 0 radical (unpaired) electrons. The maximum atomic E-state index is 13.4. The molecule has 0 unspecified atom stereocenters. The first-order valence-electron chi connectivity index (χ1n) is 11.5. The Balaban J connectivity index is 1.68. The van der Waals surface area contributed by atoms with Gasteiger partial charge in [-0.1, -0.05) is 53.3 Å². The molecule has 0 saturated carbocycles. The first-order valence-corrected chi connectivity index (χ1v) is 12.3. The summed E-state index contributed by atoms with van der Waals surface area (Å²) in [5.41, 5.74) is 2.83.